The van der Waals surface area contributed by atoms with E-state index in [4.69, 9.17) is 11.6 Å². The number of aryl methyl sites for hydroxylation is 3. The van der Waals surface area contributed by atoms with Crippen molar-refractivity contribution >= 4 is 23.2 Å². The minimum atomic E-state index is -0.165. The lowest BCUT2D eigenvalue weighted by atomic mass is 10.2. The van der Waals surface area contributed by atoms with Gasteiger partial charge >= 0.3 is 0 Å². The summed E-state index contributed by atoms with van der Waals surface area (Å²) in [4.78, 5) is 13.8. The summed E-state index contributed by atoms with van der Waals surface area (Å²) in [5, 5.41) is 5.07. The predicted molar refractivity (Wildman–Crippen MR) is 85.5 cm³/mol. The number of hydrogen-bond donors (Lipinski definition) is 0. The number of aromatic nitrogens is 2. The lowest BCUT2D eigenvalue weighted by Crippen LogP contribution is -2.29. The van der Waals surface area contributed by atoms with Crippen LogP contribution in [0.3, 0.4) is 0 Å². The van der Waals surface area contributed by atoms with Crippen LogP contribution >= 0.6 is 11.6 Å². The van der Waals surface area contributed by atoms with Gasteiger partial charge in [-0.1, -0.05) is 18.2 Å². The molecule has 2 aromatic rings. The first-order chi connectivity index (χ1) is 9.92. The van der Waals surface area contributed by atoms with E-state index in [0.29, 0.717) is 11.6 Å². The number of carbonyl (C=O) groups is 1. The van der Waals surface area contributed by atoms with E-state index >= 15 is 0 Å². The van der Waals surface area contributed by atoms with E-state index in [2.05, 4.69) is 11.7 Å². The third-order valence-corrected chi connectivity index (χ3v) is 3.74. The average Bonchev–Trinajstić information content (AvgIpc) is 2.76. The molecule has 110 valence electrons. The van der Waals surface area contributed by atoms with Crippen LogP contribution in [0, 0.1) is 13.8 Å². The molecule has 2 rings (SSSR count). The highest BCUT2D eigenvalue weighted by Crippen LogP contribution is 2.24. The quantitative estimate of drug-likeness (QED) is 0.812. The monoisotopic (exact) mass is 303 g/mol. The van der Waals surface area contributed by atoms with Crippen molar-refractivity contribution in [2.45, 2.75) is 20.4 Å². The molecule has 1 aromatic heterocycles. The normalized spacial score (nSPS) is 10.5. The third-order valence-electron chi connectivity index (χ3n) is 3.32. The molecule has 0 fully saturated rings. The lowest BCUT2D eigenvalue weighted by Gasteiger charge is -2.21. The van der Waals surface area contributed by atoms with Crippen molar-refractivity contribution in [3.8, 4) is 0 Å². The molecule has 0 aliphatic heterocycles. The molecule has 0 unspecified atom stereocenters. The van der Waals surface area contributed by atoms with Crippen LogP contribution in [-0.2, 0) is 18.4 Å². The molecule has 1 heterocycles. The van der Waals surface area contributed by atoms with Crippen molar-refractivity contribution in [1.82, 2.24) is 9.78 Å². The van der Waals surface area contributed by atoms with Gasteiger partial charge in [0.05, 0.1) is 12.2 Å². The van der Waals surface area contributed by atoms with Crippen LogP contribution in [0.2, 0.25) is 5.02 Å². The summed E-state index contributed by atoms with van der Waals surface area (Å²) in [6.07, 6.45) is 3.24. The van der Waals surface area contributed by atoms with Crippen LogP contribution in [0.5, 0.6) is 0 Å². The zero-order chi connectivity index (χ0) is 15.6. The number of benzene rings is 1. The SMILES string of the molecule is C=CC(=O)N(Cc1nn(C)cc1C)c1ccc(Cl)c(C)c1. The van der Waals surface area contributed by atoms with Crippen molar-refractivity contribution < 1.29 is 4.79 Å². The van der Waals surface area contributed by atoms with Crippen molar-refractivity contribution in [2.24, 2.45) is 7.05 Å². The van der Waals surface area contributed by atoms with Crippen molar-refractivity contribution in [3.63, 3.8) is 0 Å². The number of rotatable bonds is 4. The summed E-state index contributed by atoms with van der Waals surface area (Å²) >= 11 is 6.05. The summed E-state index contributed by atoms with van der Waals surface area (Å²) in [6.45, 7) is 7.86. The molecular formula is C16H18ClN3O. The Balaban J connectivity index is 2.38. The second kappa shape index (κ2) is 6.14. The van der Waals surface area contributed by atoms with Gasteiger partial charge in [0, 0.05) is 24.0 Å². The highest BCUT2D eigenvalue weighted by atomic mass is 35.5. The Kier molecular flexibility index (Phi) is 4.48. The first-order valence-corrected chi connectivity index (χ1v) is 6.99. The number of halogens is 1. The maximum absolute atomic E-state index is 12.2. The van der Waals surface area contributed by atoms with Gasteiger partial charge in [-0.3, -0.25) is 9.48 Å². The standard InChI is InChI=1S/C16H18ClN3O/c1-5-16(21)20(10-15-12(3)9-19(4)18-15)13-6-7-14(17)11(2)8-13/h5-9H,1,10H2,2-4H3. The molecule has 0 N–H and O–H groups in total. The van der Waals surface area contributed by atoms with Gasteiger partial charge in [-0.25, -0.2) is 0 Å². The van der Waals surface area contributed by atoms with Gasteiger partial charge < -0.3 is 4.90 Å². The summed E-state index contributed by atoms with van der Waals surface area (Å²) in [5.41, 5.74) is 3.62. The molecule has 1 amide bonds. The number of hydrogen-bond acceptors (Lipinski definition) is 2. The summed E-state index contributed by atoms with van der Waals surface area (Å²) in [5.74, 6) is -0.165. The van der Waals surface area contributed by atoms with Gasteiger partial charge in [-0.05, 0) is 49.2 Å². The smallest absolute Gasteiger partial charge is 0.250 e. The molecule has 5 heteroatoms. The lowest BCUT2D eigenvalue weighted by molar-refractivity contribution is -0.114. The van der Waals surface area contributed by atoms with E-state index in [0.717, 1.165) is 22.5 Å². The molecule has 0 radical (unpaired) electrons. The van der Waals surface area contributed by atoms with Crippen LogP contribution in [0.15, 0.2) is 37.1 Å². The van der Waals surface area contributed by atoms with Gasteiger partial charge in [-0.15, -0.1) is 0 Å². The number of carbonyl (C=O) groups excluding carboxylic acids is 1. The molecule has 21 heavy (non-hydrogen) atoms. The average molecular weight is 304 g/mol. The fourth-order valence-corrected chi connectivity index (χ4v) is 2.28. The van der Waals surface area contributed by atoms with Crippen molar-refractivity contribution in [1.29, 1.82) is 0 Å². The zero-order valence-corrected chi connectivity index (χ0v) is 13.2. The zero-order valence-electron chi connectivity index (χ0n) is 12.4. The Labute approximate surface area is 129 Å². The second-order valence-electron chi connectivity index (χ2n) is 4.99. The summed E-state index contributed by atoms with van der Waals surface area (Å²) in [6, 6.07) is 5.51. The van der Waals surface area contributed by atoms with E-state index in [1.54, 1.807) is 15.6 Å². The number of amides is 1. The highest BCUT2D eigenvalue weighted by Gasteiger charge is 2.17. The van der Waals surface area contributed by atoms with Gasteiger partial charge in [-0.2, -0.15) is 5.10 Å². The molecule has 0 aliphatic rings. The fourth-order valence-electron chi connectivity index (χ4n) is 2.16. The summed E-state index contributed by atoms with van der Waals surface area (Å²) in [7, 11) is 1.86. The molecule has 0 spiro atoms. The number of anilines is 1. The largest absolute Gasteiger partial charge is 0.303 e. The fraction of sp³-hybridized carbons (Fsp3) is 0.250. The topological polar surface area (TPSA) is 38.1 Å². The minimum Gasteiger partial charge on any atom is -0.303 e. The van der Waals surface area contributed by atoms with Crippen LogP contribution < -0.4 is 4.90 Å². The molecule has 0 aliphatic carbocycles. The maximum Gasteiger partial charge on any atom is 0.250 e. The molecule has 0 atom stereocenters. The van der Waals surface area contributed by atoms with Crippen LogP contribution in [0.25, 0.3) is 0 Å². The first-order valence-electron chi connectivity index (χ1n) is 6.61. The molecule has 0 bridgehead atoms. The molecule has 0 saturated heterocycles. The Bertz CT molecular complexity index is 691. The predicted octanol–water partition coefficient (Wildman–Crippen LogP) is 3.41. The van der Waals surface area contributed by atoms with Crippen LogP contribution in [0.1, 0.15) is 16.8 Å². The first kappa shape index (κ1) is 15.3. The molecule has 1 aromatic carbocycles. The molecular weight excluding hydrogens is 286 g/mol. The molecule has 0 saturated carbocycles. The van der Waals surface area contributed by atoms with E-state index in [1.807, 2.05) is 39.2 Å². The van der Waals surface area contributed by atoms with Crippen molar-refractivity contribution in [2.75, 3.05) is 4.90 Å². The Morgan fingerprint density at radius 1 is 1.43 bits per heavy atom. The van der Waals surface area contributed by atoms with E-state index in [1.165, 1.54) is 6.08 Å². The van der Waals surface area contributed by atoms with E-state index < -0.39 is 0 Å². The van der Waals surface area contributed by atoms with E-state index in [9.17, 15) is 4.79 Å². The second-order valence-corrected chi connectivity index (χ2v) is 5.40. The Morgan fingerprint density at radius 3 is 2.67 bits per heavy atom. The number of nitrogens with zero attached hydrogens (tertiary/aromatic N) is 3. The van der Waals surface area contributed by atoms with Crippen molar-refractivity contribution in [3.05, 3.63) is 58.9 Å². The van der Waals surface area contributed by atoms with Gasteiger partial charge in [0.25, 0.3) is 5.91 Å². The Morgan fingerprint density at radius 2 is 2.14 bits per heavy atom. The van der Waals surface area contributed by atoms with E-state index in [-0.39, 0.29) is 5.91 Å². The summed E-state index contributed by atoms with van der Waals surface area (Å²) < 4.78 is 1.74. The van der Waals surface area contributed by atoms with Gasteiger partial charge in [0.1, 0.15) is 0 Å². The minimum absolute atomic E-state index is 0.165. The Hall–Kier alpha value is -2.07. The van der Waals surface area contributed by atoms with Gasteiger partial charge in [0.2, 0.25) is 0 Å². The maximum atomic E-state index is 12.2. The van der Waals surface area contributed by atoms with Crippen LogP contribution in [-0.4, -0.2) is 15.7 Å². The highest BCUT2D eigenvalue weighted by molar-refractivity contribution is 6.31. The molecule has 4 nitrogen and oxygen atoms in total. The van der Waals surface area contributed by atoms with Gasteiger partial charge in [0.15, 0.2) is 0 Å². The van der Waals surface area contributed by atoms with Crippen LogP contribution in [0.4, 0.5) is 5.69 Å². The third kappa shape index (κ3) is 3.34.